The molecule has 0 aliphatic heterocycles. The molecule has 0 aromatic heterocycles. The maximum Gasteiger partial charge on any atom is 0.323 e. The van der Waals surface area contributed by atoms with Crippen molar-refractivity contribution in [3.8, 4) is 0 Å². The molecule has 5 aromatic carbocycles. The van der Waals surface area contributed by atoms with Crippen LogP contribution >= 0.6 is 0 Å². The Morgan fingerprint density at radius 3 is 1.48 bits per heavy atom. The van der Waals surface area contributed by atoms with Gasteiger partial charge in [-0.05, 0) is 88.3 Å². The molecule has 0 atom stereocenters. The zero-order chi connectivity index (χ0) is 30.3. The second kappa shape index (κ2) is 13.8. The molecule has 44 heavy (non-hydrogen) atoms. The number of sulfonamides is 1. The summed E-state index contributed by atoms with van der Waals surface area (Å²) in [5.74, 6) is 0. The fourth-order valence-corrected chi connectivity index (χ4v) is 6.29. The van der Waals surface area contributed by atoms with Gasteiger partial charge in [-0.25, -0.2) is 13.2 Å². The van der Waals surface area contributed by atoms with Crippen LogP contribution in [0.15, 0.2) is 112 Å². The summed E-state index contributed by atoms with van der Waals surface area (Å²) in [6.45, 7) is 0. The van der Waals surface area contributed by atoms with E-state index in [0.717, 1.165) is 12.1 Å². The quantitative estimate of drug-likeness (QED) is 0.124. The Balaban J connectivity index is 0.00000264. The third-order valence-corrected chi connectivity index (χ3v) is 9.21. The molecule has 0 bridgehead atoms. The van der Waals surface area contributed by atoms with Gasteiger partial charge in [0.15, 0.2) is 0 Å². The van der Waals surface area contributed by atoms with Crippen molar-refractivity contribution in [2.24, 2.45) is 0 Å². The topological polar surface area (TPSA) is 196 Å². The molecule has 12 nitrogen and oxygen atoms in total. The number of carbonyl (C=O) groups is 1. The third-order valence-electron chi connectivity index (χ3n) is 6.13. The number of amides is 2. The largest absolute Gasteiger partial charge is 0.323 e. The van der Waals surface area contributed by atoms with Crippen molar-refractivity contribution >= 4 is 134 Å². The van der Waals surface area contributed by atoms with E-state index in [2.05, 4.69) is 15.4 Å². The first-order valence-electron chi connectivity index (χ1n) is 11.9. The summed E-state index contributed by atoms with van der Waals surface area (Å²) < 4.78 is 92.5. The van der Waals surface area contributed by atoms with Crippen LogP contribution in [0.4, 0.5) is 21.9 Å². The third kappa shape index (κ3) is 8.58. The predicted molar refractivity (Wildman–Crippen MR) is 169 cm³/mol. The zero-order valence-corrected chi connectivity index (χ0v) is 29.7. The van der Waals surface area contributed by atoms with Crippen LogP contribution in [0.3, 0.4) is 0 Å². The van der Waals surface area contributed by atoms with Gasteiger partial charge in [-0.15, -0.1) is 0 Å². The fourth-order valence-electron chi connectivity index (χ4n) is 4.16. The summed E-state index contributed by atoms with van der Waals surface area (Å²) in [5, 5.41) is 7.61. The molecule has 2 radical (unpaired) electrons. The number of anilines is 3. The van der Waals surface area contributed by atoms with E-state index in [9.17, 15) is 39.2 Å². The minimum absolute atomic E-state index is 0. The Labute approximate surface area is 297 Å². The Morgan fingerprint density at radius 2 is 0.955 bits per heavy atom. The molecule has 0 unspecified atom stereocenters. The van der Waals surface area contributed by atoms with Crippen LogP contribution in [0.1, 0.15) is 0 Å². The molecule has 0 aliphatic rings. The molecular weight excluding hydrogens is 652 g/mol. The summed E-state index contributed by atoms with van der Waals surface area (Å²) in [6.07, 6.45) is 0. The van der Waals surface area contributed by atoms with Crippen molar-refractivity contribution in [2.45, 2.75) is 14.7 Å². The van der Waals surface area contributed by atoms with Crippen LogP contribution in [-0.2, 0) is 30.3 Å². The molecule has 5 N–H and O–H groups in total. The van der Waals surface area contributed by atoms with E-state index in [-0.39, 0.29) is 74.6 Å². The number of urea groups is 1. The minimum Gasteiger partial charge on any atom is -0.308 e. The van der Waals surface area contributed by atoms with Gasteiger partial charge in [0.1, 0.15) is 0 Å². The summed E-state index contributed by atoms with van der Waals surface area (Å²) in [5.41, 5.74) is 0.629. The van der Waals surface area contributed by atoms with Gasteiger partial charge in [0.2, 0.25) is 0 Å². The van der Waals surface area contributed by atoms with Gasteiger partial charge in [0, 0.05) is 70.5 Å². The van der Waals surface area contributed by atoms with E-state index in [1.165, 1.54) is 42.5 Å². The number of hydrogen-bond acceptors (Lipinski definition) is 7. The summed E-state index contributed by atoms with van der Waals surface area (Å²) >= 11 is 0. The molecule has 0 saturated heterocycles. The van der Waals surface area contributed by atoms with E-state index in [4.69, 9.17) is 0 Å². The standard InChI is InChI=1S/C27H21N3O9S3.2Na/c31-27(29-22-9-5-18-7-11-26(42(37,38)39)15-20(18)13-22)28-21-8-4-17-6-10-24(14-19(17)12-21)40(32,33)30-23-2-1-3-25(16-23)41(34,35)36;;/h1-16,30H,(H2,28,29,31)(H,34,35,36)(H,37,38,39);;. The van der Waals surface area contributed by atoms with Gasteiger partial charge < -0.3 is 10.6 Å². The van der Waals surface area contributed by atoms with E-state index in [1.807, 2.05) is 0 Å². The van der Waals surface area contributed by atoms with Gasteiger partial charge in [0.25, 0.3) is 30.3 Å². The average molecular weight is 674 g/mol. The molecule has 17 heteroatoms. The number of benzene rings is 5. The number of hydrogen-bond donors (Lipinski definition) is 5. The number of nitrogens with one attached hydrogen (secondary N) is 3. The van der Waals surface area contributed by atoms with Crippen LogP contribution in [0.5, 0.6) is 0 Å². The van der Waals surface area contributed by atoms with Gasteiger partial charge in [0.05, 0.1) is 20.4 Å². The SMILES string of the molecule is O=C(Nc1ccc2ccc(S(=O)(=O)O)cc2c1)Nc1ccc2ccc(S(=O)(=O)Nc3cccc(S(=O)(=O)O)c3)cc2c1.[Na].[Na]. The van der Waals surface area contributed by atoms with E-state index < -0.39 is 41.2 Å². The molecule has 5 rings (SSSR count). The van der Waals surface area contributed by atoms with Gasteiger partial charge in [-0.1, -0.05) is 30.3 Å². The Bertz CT molecular complexity index is 2230. The molecule has 5 aromatic rings. The first-order chi connectivity index (χ1) is 19.7. The van der Waals surface area contributed by atoms with Crippen molar-refractivity contribution in [1.29, 1.82) is 0 Å². The van der Waals surface area contributed by atoms with Crippen molar-refractivity contribution in [2.75, 3.05) is 15.4 Å². The predicted octanol–water partition coefficient (Wildman–Crippen LogP) is 4.17. The summed E-state index contributed by atoms with van der Waals surface area (Å²) in [6, 6.07) is 22.2. The van der Waals surface area contributed by atoms with Crippen molar-refractivity contribution < 1.29 is 39.2 Å². The fraction of sp³-hybridized carbons (Fsp3) is 0. The van der Waals surface area contributed by atoms with Crippen molar-refractivity contribution in [1.82, 2.24) is 0 Å². The zero-order valence-electron chi connectivity index (χ0n) is 23.2. The maximum atomic E-state index is 13.0. The normalized spacial score (nSPS) is 11.7. The molecule has 0 saturated carbocycles. The van der Waals surface area contributed by atoms with Crippen molar-refractivity contribution in [3.05, 3.63) is 97.1 Å². The molecule has 0 fully saturated rings. The van der Waals surface area contributed by atoms with Crippen LogP contribution in [0.25, 0.3) is 21.5 Å². The van der Waals surface area contributed by atoms with Crippen LogP contribution in [0.2, 0.25) is 0 Å². The first kappa shape index (κ1) is 35.9. The molecule has 2 amide bonds. The van der Waals surface area contributed by atoms with E-state index in [1.54, 1.807) is 42.5 Å². The van der Waals surface area contributed by atoms with Crippen LogP contribution in [-0.4, -0.2) is 99.5 Å². The van der Waals surface area contributed by atoms with Crippen LogP contribution < -0.4 is 15.4 Å². The minimum atomic E-state index is -4.53. The monoisotopic (exact) mass is 673 g/mol. The smallest absolute Gasteiger partial charge is 0.308 e. The molecule has 0 spiro atoms. The first-order valence-corrected chi connectivity index (χ1v) is 16.3. The Kier molecular flexibility index (Phi) is 11.3. The van der Waals surface area contributed by atoms with Crippen molar-refractivity contribution in [3.63, 3.8) is 0 Å². The average Bonchev–Trinajstić information content (AvgIpc) is 2.91. The maximum absolute atomic E-state index is 13.0. The molecule has 0 heterocycles. The summed E-state index contributed by atoms with van der Waals surface area (Å²) in [4.78, 5) is 11.8. The molecule has 218 valence electrons. The van der Waals surface area contributed by atoms with Gasteiger partial charge in [-0.2, -0.15) is 16.8 Å². The number of rotatable bonds is 7. The second-order valence-corrected chi connectivity index (χ2v) is 13.6. The second-order valence-electron chi connectivity index (χ2n) is 9.11. The van der Waals surface area contributed by atoms with Crippen LogP contribution in [0, 0.1) is 0 Å². The molecular formula is C27H21N3Na2O9S3. The van der Waals surface area contributed by atoms with E-state index in [0.29, 0.717) is 32.9 Å². The Morgan fingerprint density at radius 1 is 0.500 bits per heavy atom. The number of fused-ring (bicyclic) bond motifs is 2. The van der Waals surface area contributed by atoms with Gasteiger partial charge in [-0.3, -0.25) is 13.8 Å². The van der Waals surface area contributed by atoms with E-state index >= 15 is 0 Å². The number of carbonyl (C=O) groups excluding carboxylic acids is 1. The summed E-state index contributed by atoms with van der Waals surface area (Å²) in [7, 11) is -13.1. The Hall–Kier alpha value is -2.54. The van der Waals surface area contributed by atoms with Gasteiger partial charge >= 0.3 is 6.03 Å². The molecule has 0 aliphatic carbocycles.